The van der Waals surface area contributed by atoms with E-state index in [1.807, 2.05) is 0 Å². The van der Waals surface area contributed by atoms with Crippen LogP contribution in [-0.4, -0.2) is 12.6 Å². The molecule has 0 bridgehead atoms. The zero-order valence-corrected chi connectivity index (χ0v) is 12.3. The summed E-state index contributed by atoms with van der Waals surface area (Å²) in [7, 11) is 0. The van der Waals surface area contributed by atoms with Crippen LogP contribution in [0.15, 0.2) is 0 Å². The summed E-state index contributed by atoms with van der Waals surface area (Å²) in [6, 6.07) is 0. The topological polar surface area (TPSA) is 26.3 Å². The summed E-state index contributed by atoms with van der Waals surface area (Å²) in [5.74, 6) is 0.660. The maximum Gasteiger partial charge on any atom is 0.302 e. The SMILES string of the molecule is CC(=O)OCCCCCCC(C)CC(C)(C)C. The number of hydrogen-bond acceptors (Lipinski definition) is 2. The van der Waals surface area contributed by atoms with Gasteiger partial charge in [-0.2, -0.15) is 0 Å². The summed E-state index contributed by atoms with van der Waals surface area (Å²) < 4.78 is 4.90. The molecule has 17 heavy (non-hydrogen) atoms. The lowest BCUT2D eigenvalue weighted by atomic mass is 9.83. The monoisotopic (exact) mass is 242 g/mol. The van der Waals surface area contributed by atoms with Crippen LogP contribution in [0.3, 0.4) is 0 Å². The van der Waals surface area contributed by atoms with E-state index >= 15 is 0 Å². The van der Waals surface area contributed by atoms with E-state index in [-0.39, 0.29) is 5.97 Å². The van der Waals surface area contributed by atoms with E-state index in [2.05, 4.69) is 27.7 Å². The third-order valence-corrected chi connectivity index (χ3v) is 2.86. The molecule has 102 valence electrons. The van der Waals surface area contributed by atoms with E-state index in [4.69, 9.17) is 4.74 Å². The second-order valence-electron chi connectivity index (χ2n) is 6.41. The highest BCUT2D eigenvalue weighted by molar-refractivity contribution is 5.65. The van der Waals surface area contributed by atoms with Crippen LogP contribution >= 0.6 is 0 Å². The Morgan fingerprint density at radius 3 is 2.24 bits per heavy atom. The minimum atomic E-state index is -0.163. The molecule has 0 aliphatic heterocycles. The molecule has 0 radical (unpaired) electrons. The fraction of sp³-hybridized carbons (Fsp3) is 0.933. The molecule has 0 rings (SSSR count). The number of carbonyl (C=O) groups excluding carboxylic acids is 1. The quantitative estimate of drug-likeness (QED) is 0.460. The molecule has 0 saturated carbocycles. The molecule has 1 unspecified atom stereocenters. The second kappa shape index (κ2) is 8.54. The second-order valence-corrected chi connectivity index (χ2v) is 6.41. The van der Waals surface area contributed by atoms with Gasteiger partial charge in [0.1, 0.15) is 0 Å². The van der Waals surface area contributed by atoms with Crippen LogP contribution in [0, 0.1) is 11.3 Å². The van der Waals surface area contributed by atoms with E-state index in [0.29, 0.717) is 12.0 Å². The average molecular weight is 242 g/mol. The van der Waals surface area contributed by atoms with Gasteiger partial charge in [-0.25, -0.2) is 0 Å². The van der Waals surface area contributed by atoms with Gasteiger partial charge in [0.05, 0.1) is 6.61 Å². The Balaban J connectivity index is 3.31. The molecule has 0 saturated heterocycles. The molecule has 1 atom stereocenters. The van der Waals surface area contributed by atoms with Crippen molar-refractivity contribution in [1.29, 1.82) is 0 Å². The maximum atomic E-state index is 10.5. The van der Waals surface area contributed by atoms with Crippen LogP contribution in [0.5, 0.6) is 0 Å². The predicted octanol–water partition coefficient (Wildman–Crippen LogP) is 4.57. The van der Waals surface area contributed by atoms with Gasteiger partial charge in [0.15, 0.2) is 0 Å². The first-order chi connectivity index (χ1) is 7.81. The van der Waals surface area contributed by atoms with Crippen molar-refractivity contribution in [3.05, 3.63) is 0 Å². The molecule has 0 aromatic carbocycles. The Bertz CT molecular complexity index is 203. The minimum absolute atomic E-state index is 0.163. The Kier molecular flexibility index (Phi) is 8.28. The van der Waals surface area contributed by atoms with Crippen LogP contribution < -0.4 is 0 Å². The van der Waals surface area contributed by atoms with Gasteiger partial charge >= 0.3 is 5.97 Å². The van der Waals surface area contributed by atoms with Gasteiger partial charge < -0.3 is 4.74 Å². The highest BCUT2D eigenvalue weighted by atomic mass is 16.5. The fourth-order valence-corrected chi connectivity index (χ4v) is 2.31. The predicted molar refractivity (Wildman–Crippen MR) is 73.0 cm³/mol. The molecule has 0 aromatic rings. The molecule has 0 aliphatic carbocycles. The van der Waals surface area contributed by atoms with Crippen molar-refractivity contribution in [1.82, 2.24) is 0 Å². The third-order valence-electron chi connectivity index (χ3n) is 2.86. The first kappa shape index (κ1) is 16.5. The molecule has 0 aromatic heterocycles. The average Bonchev–Trinajstić information content (AvgIpc) is 2.12. The molecule has 0 fully saturated rings. The number of esters is 1. The maximum absolute atomic E-state index is 10.5. The Morgan fingerprint density at radius 2 is 1.71 bits per heavy atom. The third kappa shape index (κ3) is 13.4. The van der Waals surface area contributed by atoms with E-state index < -0.39 is 0 Å². The number of ether oxygens (including phenoxy) is 1. The number of carbonyl (C=O) groups is 1. The molecule has 0 aliphatic rings. The van der Waals surface area contributed by atoms with Crippen molar-refractivity contribution in [2.24, 2.45) is 11.3 Å². The van der Waals surface area contributed by atoms with Gasteiger partial charge in [-0.05, 0) is 24.2 Å². The lowest BCUT2D eigenvalue weighted by molar-refractivity contribution is -0.141. The highest BCUT2D eigenvalue weighted by Gasteiger charge is 2.14. The van der Waals surface area contributed by atoms with Gasteiger partial charge in [0.2, 0.25) is 0 Å². The highest BCUT2D eigenvalue weighted by Crippen LogP contribution is 2.27. The minimum Gasteiger partial charge on any atom is -0.466 e. The summed E-state index contributed by atoms with van der Waals surface area (Å²) >= 11 is 0. The van der Waals surface area contributed by atoms with E-state index in [1.165, 1.54) is 39.0 Å². The van der Waals surface area contributed by atoms with E-state index in [0.717, 1.165) is 12.3 Å². The van der Waals surface area contributed by atoms with E-state index in [9.17, 15) is 4.79 Å². The standard InChI is InChI=1S/C15H30O2/c1-13(12-15(3,4)5)10-8-6-7-9-11-17-14(2)16/h13H,6-12H2,1-5H3. The van der Waals surface area contributed by atoms with Crippen molar-refractivity contribution >= 4 is 5.97 Å². The van der Waals surface area contributed by atoms with Gasteiger partial charge in [-0.1, -0.05) is 53.4 Å². The molecule has 0 heterocycles. The molecule has 2 heteroatoms. The summed E-state index contributed by atoms with van der Waals surface area (Å²) in [6.07, 6.45) is 7.38. The van der Waals surface area contributed by atoms with Crippen LogP contribution in [0.4, 0.5) is 0 Å². The lowest BCUT2D eigenvalue weighted by Gasteiger charge is -2.23. The number of unbranched alkanes of at least 4 members (excludes halogenated alkanes) is 3. The fourth-order valence-electron chi connectivity index (χ4n) is 2.31. The van der Waals surface area contributed by atoms with Crippen molar-refractivity contribution in [2.45, 2.75) is 73.1 Å². The van der Waals surface area contributed by atoms with E-state index in [1.54, 1.807) is 0 Å². The van der Waals surface area contributed by atoms with Crippen LogP contribution in [0.2, 0.25) is 0 Å². The molecule has 2 nitrogen and oxygen atoms in total. The number of rotatable bonds is 8. The lowest BCUT2D eigenvalue weighted by Crippen LogP contribution is -2.10. The Labute approximate surface area is 107 Å². The Hall–Kier alpha value is -0.530. The van der Waals surface area contributed by atoms with Crippen LogP contribution in [-0.2, 0) is 9.53 Å². The van der Waals surface area contributed by atoms with Gasteiger partial charge in [0.25, 0.3) is 0 Å². The first-order valence-electron chi connectivity index (χ1n) is 6.94. The molecular weight excluding hydrogens is 212 g/mol. The normalized spacial score (nSPS) is 13.5. The van der Waals surface area contributed by atoms with Crippen molar-refractivity contribution in [2.75, 3.05) is 6.61 Å². The largest absolute Gasteiger partial charge is 0.466 e. The molecule has 0 N–H and O–H groups in total. The first-order valence-corrected chi connectivity index (χ1v) is 6.94. The van der Waals surface area contributed by atoms with Gasteiger partial charge in [-0.3, -0.25) is 4.79 Å². The van der Waals surface area contributed by atoms with Crippen molar-refractivity contribution < 1.29 is 9.53 Å². The summed E-state index contributed by atoms with van der Waals surface area (Å²) in [6.45, 7) is 11.3. The van der Waals surface area contributed by atoms with Crippen LogP contribution in [0.1, 0.15) is 73.1 Å². The molecule has 0 amide bonds. The van der Waals surface area contributed by atoms with Crippen molar-refractivity contribution in [3.8, 4) is 0 Å². The summed E-state index contributed by atoms with van der Waals surface area (Å²) in [4.78, 5) is 10.5. The van der Waals surface area contributed by atoms with Gasteiger partial charge in [0, 0.05) is 6.92 Å². The number of hydrogen-bond donors (Lipinski definition) is 0. The zero-order chi connectivity index (χ0) is 13.3. The van der Waals surface area contributed by atoms with Gasteiger partial charge in [-0.15, -0.1) is 0 Å². The smallest absolute Gasteiger partial charge is 0.302 e. The van der Waals surface area contributed by atoms with Crippen LogP contribution in [0.25, 0.3) is 0 Å². The Morgan fingerprint density at radius 1 is 1.12 bits per heavy atom. The summed E-state index contributed by atoms with van der Waals surface area (Å²) in [5, 5.41) is 0. The summed E-state index contributed by atoms with van der Waals surface area (Å²) in [5.41, 5.74) is 0.453. The van der Waals surface area contributed by atoms with Crippen molar-refractivity contribution in [3.63, 3.8) is 0 Å². The molecule has 0 spiro atoms. The molecular formula is C15H30O2. The zero-order valence-electron chi connectivity index (χ0n) is 12.3.